The van der Waals surface area contributed by atoms with Crippen LogP contribution in [0.3, 0.4) is 0 Å². The molecule has 0 N–H and O–H groups in total. The van der Waals surface area contributed by atoms with Crippen molar-refractivity contribution in [2.75, 3.05) is 4.90 Å². The number of benzene rings is 9. The summed E-state index contributed by atoms with van der Waals surface area (Å²) in [5.74, 6) is 0. The second kappa shape index (κ2) is 13.1. The summed E-state index contributed by atoms with van der Waals surface area (Å²) in [7, 11) is 0. The van der Waals surface area contributed by atoms with Crippen molar-refractivity contribution in [2.24, 2.45) is 0 Å². The standard InChI is InChI=1S/C52H33NS2/c1-2-13-40-34(11-1)12-9-17-41(40)35-23-28-38(29-24-35)53(39-30-25-36(26-31-39)43-18-10-22-50-52(43)46-16-5-8-21-49(46)54-50)47-19-6-3-14-42(47)37-27-32-45-44-15-4-7-20-48(44)55-51(45)33-37/h1-33H. The van der Waals surface area contributed by atoms with Gasteiger partial charge in [0.25, 0.3) is 0 Å². The zero-order valence-corrected chi connectivity index (χ0v) is 31.4. The normalized spacial score (nSPS) is 11.6. The van der Waals surface area contributed by atoms with E-state index in [1.807, 2.05) is 22.7 Å². The molecule has 0 spiro atoms. The van der Waals surface area contributed by atoms with Gasteiger partial charge in [-0.3, -0.25) is 0 Å². The summed E-state index contributed by atoms with van der Waals surface area (Å²) in [5.41, 5.74) is 10.7. The first-order valence-electron chi connectivity index (χ1n) is 18.7. The lowest BCUT2D eigenvalue weighted by molar-refractivity contribution is 1.28. The molecule has 0 atom stereocenters. The van der Waals surface area contributed by atoms with Gasteiger partial charge in [-0.2, -0.15) is 0 Å². The van der Waals surface area contributed by atoms with Crippen LogP contribution in [0.15, 0.2) is 200 Å². The molecule has 11 aromatic rings. The summed E-state index contributed by atoms with van der Waals surface area (Å²) in [6.07, 6.45) is 0. The van der Waals surface area contributed by atoms with Crippen LogP contribution in [-0.4, -0.2) is 0 Å². The number of rotatable bonds is 6. The minimum Gasteiger partial charge on any atom is -0.310 e. The van der Waals surface area contributed by atoms with Crippen LogP contribution >= 0.6 is 22.7 Å². The first kappa shape index (κ1) is 32.0. The predicted molar refractivity (Wildman–Crippen MR) is 241 cm³/mol. The minimum atomic E-state index is 1.11. The number of fused-ring (bicyclic) bond motifs is 7. The van der Waals surface area contributed by atoms with E-state index in [1.54, 1.807) is 0 Å². The maximum absolute atomic E-state index is 2.42. The molecule has 0 saturated carbocycles. The fourth-order valence-electron chi connectivity index (χ4n) is 8.31. The van der Waals surface area contributed by atoms with Gasteiger partial charge in [0.1, 0.15) is 0 Å². The van der Waals surface area contributed by atoms with Gasteiger partial charge in [-0.25, -0.2) is 0 Å². The van der Waals surface area contributed by atoms with Gasteiger partial charge in [-0.15, -0.1) is 22.7 Å². The molecule has 0 fully saturated rings. The molecule has 9 aromatic carbocycles. The Bertz CT molecular complexity index is 3200. The molecule has 2 heterocycles. The van der Waals surface area contributed by atoms with E-state index in [9.17, 15) is 0 Å². The average Bonchev–Trinajstić information content (AvgIpc) is 3.83. The molecular weight excluding hydrogens is 703 g/mol. The first-order valence-corrected chi connectivity index (χ1v) is 20.3. The molecule has 0 aliphatic rings. The molecule has 0 radical (unpaired) electrons. The Hall–Kier alpha value is -6.52. The third kappa shape index (κ3) is 5.43. The van der Waals surface area contributed by atoms with Crippen molar-refractivity contribution < 1.29 is 0 Å². The lowest BCUT2D eigenvalue weighted by atomic mass is 9.97. The molecule has 1 nitrogen and oxygen atoms in total. The molecule has 0 aliphatic carbocycles. The van der Waals surface area contributed by atoms with Gasteiger partial charge in [0, 0.05) is 57.3 Å². The average molecular weight is 736 g/mol. The summed E-state index contributed by atoms with van der Waals surface area (Å²) in [6.45, 7) is 0. The Kier molecular flexibility index (Phi) is 7.61. The van der Waals surface area contributed by atoms with Gasteiger partial charge in [0.15, 0.2) is 0 Å². The Morgan fingerprint density at radius 2 is 0.818 bits per heavy atom. The van der Waals surface area contributed by atoms with Crippen LogP contribution in [0, 0.1) is 0 Å². The van der Waals surface area contributed by atoms with Gasteiger partial charge in [0.2, 0.25) is 0 Å². The van der Waals surface area contributed by atoms with Crippen molar-refractivity contribution >= 4 is 90.9 Å². The van der Waals surface area contributed by atoms with E-state index in [0.717, 1.165) is 17.1 Å². The number of hydrogen-bond acceptors (Lipinski definition) is 3. The fraction of sp³-hybridized carbons (Fsp3) is 0. The largest absolute Gasteiger partial charge is 0.310 e. The molecule has 55 heavy (non-hydrogen) atoms. The van der Waals surface area contributed by atoms with E-state index in [4.69, 9.17) is 0 Å². The molecule has 0 unspecified atom stereocenters. The molecule has 0 amide bonds. The highest BCUT2D eigenvalue weighted by Gasteiger charge is 2.19. The number of para-hydroxylation sites is 1. The van der Waals surface area contributed by atoms with Gasteiger partial charge < -0.3 is 4.90 Å². The molecule has 3 heteroatoms. The molecule has 0 aliphatic heterocycles. The van der Waals surface area contributed by atoms with E-state index < -0.39 is 0 Å². The Morgan fingerprint density at radius 3 is 1.62 bits per heavy atom. The Balaban J connectivity index is 1.06. The van der Waals surface area contributed by atoms with Crippen LogP contribution in [0.25, 0.3) is 84.5 Å². The highest BCUT2D eigenvalue weighted by Crippen LogP contribution is 2.45. The lowest BCUT2D eigenvalue weighted by Gasteiger charge is -2.28. The summed E-state index contributed by atoms with van der Waals surface area (Å²) < 4.78 is 5.27. The summed E-state index contributed by atoms with van der Waals surface area (Å²) >= 11 is 3.73. The molecule has 2 aromatic heterocycles. The molecule has 0 bridgehead atoms. The molecule has 11 rings (SSSR count). The Morgan fingerprint density at radius 1 is 0.309 bits per heavy atom. The minimum absolute atomic E-state index is 1.11. The van der Waals surface area contributed by atoms with Crippen LogP contribution in [0.2, 0.25) is 0 Å². The second-order valence-electron chi connectivity index (χ2n) is 14.1. The van der Waals surface area contributed by atoms with Crippen LogP contribution in [0.5, 0.6) is 0 Å². The highest BCUT2D eigenvalue weighted by atomic mass is 32.1. The number of nitrogens with zero attached hydrogens (tertiary/aromatic N) is 1. The fourth-order valence-corrected chi connectivity index (χ4v) is 10.6. The lowest BCUT2D eigenvalue weighted by Crippen LogP contribution is -2.11. The second-order valence-corrected chi connectivity index (χ2v) is 16.2. The molecule has 0 saturated heterocycles. The van der Waals surface area contributed by atoms with E-state index in [-0.39, 0.29) is 0 Å². The van der Waals surface area contributed by atoms with Crippen LogP contribution < -0.4 is 4.90 Å². The van der Waals surface area contributed by atoms with Gasteiger partial charge in [-0.1, -0.05) is 146 Å². The zero-order chi connectivity index (χ0) is 36.3. The quantitative estimate of drug-likeness (QED) is 0.164. The predicted octanol–water partition coefficient (Wildman–Crippen LogP) is 16.0. The van der Waals surface area contributed by atoms with Crippen molar-refractivity contribution in [3.63, 3.8) is 0 Å². The summed E-state index contributed by atoms with van der Waals surface area (Å²) in [6, 6.07) is 73.4. The summed E-state index contributed by atoms with van der Waals surface area (Å²) in [5, 5.41) is 7.80. The SMILES string of the molecule is c1ccc(N(c2ccc(-c3cccc4ccccc34)cc2)c2ccc(-c3cccc4sc5ccccc5c34)cc2)c(-c2ccc3c(c2)sc2ccccc23)c1. The monoisotopic (exact) mass is 735 g/mol. The van der Waals surface area contributed by atoms with Crippen LogP contribution in [-0.2, 0) is 0 Å². The zero-order valence-electron chi connectivity index (χ0n) is 29.8. The summed E-state index contributed by atoms with van der Waals surface area (Å²) in [4.78, 5) is 2.42. The van der Waals surface area contributed by atoms with Crippen LogP contribution in [0.1, 0.15) is 0 Å². The number of hydrogen-bond donors (Lipinski definition) is 0. The van der Waals surface area contributed by atoms with E-state index >= 15 is 0 Å². The number of thiophene rings is 2. The number of anilines is 3. The maximum atomic E-state index is 2.42. The van der Waals surface area contributed by atoms with Crippen LogP contribution in [0.4, 0.5) is 17.1 Å². The molecular formula is C52H33NS2. The smallest absolute Gasteiger partial charge is 0.0540 e. The third-order valence-corrected chi connectivity index (χ3v) is 13.2. The molecule has 258 valence electrons. The first-order chi connectivity index (χ1) is 27.3. The van der Waals surface area contributed by atoms with E-state index in [1.165, 1.54) is 84.5 Å². The van der Waals surface area contributed by atoms with Gasteiger partial charge in [-0.05, 0) is 93.2 Å². The maximum Gasteiger partial charge on any atom is 0.0540 e. The Labute approximate surface area is 327 Å². The van der Waals surface area contributed by atoms with Crippen molar-refractivity contribution in [3.05, 3.63) is 200 Å². The van der Waals surface area contributed by atoms with E-state index in [2.05, 4.69) is 205 Å². The highest BCUT2D eigenvalue weighted by molar-refractivity contribution is 7.26. The topological polar surface area (TPSA) is 3.24 Å². The third-order valence-electron chi connectivity index (χ3n) is 10.9. The van der Waals surface area contributed by atoms with Crippen molar-refractivity contribution in [3.8, 4) is 33.4 Å². The van der Waals surface area contributed by atoms with E-state index in [0.29, 0.717) is 0 Å². The van der Waals surface area contributed by atoms with Gasteiger partial charge >= 0.3 is 0 Å². The van der Waals surface area contributed by atoms with Crippen molar-refractivity contribution in [1.29, 1.82) is 0 Å². The van der Waals surface area contributed by atoms with Gasteiger partial charge in [0.05, 0.1) is 5.69 Å². The van der Waals surface area contributed by atoms with Crippen molar-refractivity contribution in [1.82, 2.24) is 0 Å². The van der Waals surface area contributed by atoms with Crippen molar-refractivity contribution in [2.45, 2.75) is 0 Å².